The minimum atomic E-state index is -6.13. The van der Waals surface area contributed by atoms with E-state index in [4.69, 9.17) is 0 Å². The minimum absolute atomic E-state index is 0.00885. The molecule has 0 spiro atoms. The van der Waals surface area contributed by atoms with Crippen LogP contribution in [0.4, 0.5) is 105 Å². The zero-order valence-electron chi connectivity index (χ0n) is 41.7. The van der Waals surface area contributed by atoms with Crippen LogP contribution in [0.2, 0.25) is 0 Å². The fraction of sp³-hybridized carbons (Fsp3) is 0.255. The van der Waals surface area contributed by atoms with Gasteiger partial charge in [0, 0.05) is 29.5 Å². The van der Waals surface area contributed by atoms with Gasteiger partial charge in [0.1, 0.15) is 6.15 Å². The molecule has 0 radical (unpaired) electrons. The molecule has 7 rings (SSSR count). The second-order valence-corrected chi connectivity index (χ2v) is 18.8. The Morgan fingerprint density at radius 2 is 0.663 bits per heavy atom. The first-order valence-corrected chi connectivity index (χ1v) is 23.9. The summed E-state index contributed by atoms with van der Waals surface area (Å²) in [5.74, 6) is 0.111. The molecule has 0 atom stereocenters. The SMILES string of the molecule is CCCCCC(=O)c1ccc2ccccc2[n+]1CC(=O)c1ccccc1.FC(F)(F)c1cc([B-](c2cc(C(F)(F)F)cc(C(F)(F)F)c2)(c2cc(C(F)(F)F)cc(C(F)(F)F)c2)c2cc(C(F)(F)F)cc(C(F)(F)F)c2)cc(C(F)(F)F)c1. The summed E-state index contributed by atoms with van der Waals surface area (Å²) in [6.45, 7) is 2.29. The van der Waals surface area contributed by atoms with Crippen molar-refractivity contribution in [2.75, 3.05) is 0 Å². The van der Waals surface area contributed by atoms with Crippen LogP contribution in [0.15, 0.2) is 140 Å². The summed E-state index contributed by atoms with van der Waals surface area (Å²) in [4.78, 5) is 25.5. The number of aromatic nitrogens is 1. The third kappa shape index (κ3) is 15.0. The molecule has 83 heavy (non-hydrogen) atoms. The number of para-hydroxylation sites is 1. The Hall–Kier alpha value is -7.55. The average Bonchev–Trinajstić information content (AvgIpc) is 1.11. The zero-order chi connectivity index (χ0) is 62.3. The molecule has 0 N–H and O–H groups in total. The van der Waals surface area contributed by atoms with E-state index in [-0.39, 0.29) is 18.1 Å². The van der Waals surface area contributed by atoms with Crippen LogP contribution >= 0.6 is 0 Å². The molecule has 28 heteroatoms. The van der Waals surface area contributed by atoms with Crippen LogP contribution < -0.4 is 26.4 Å². The monoisotopic (exact) mass is 1210 g/mol. The highest BCUT2D eigenvalue weighted by atomic mass is 19.4. The van der Waals surface area contributed by atoms with E-state index in [1.807, 2.05) is 71.3 Å². The Balaban J connectivity index is 0.000000352. The topological polar surface area (TPSA) is 38.0 Å². The molecule has 0 saturated carbocycles. The van der Waals surface area contributed by atoms with E-state index >= 15 is 0 Å². The van der Waals surface area contributed by atoms with E-state index < -0.39 is 195 Å². The summed E-state index contributed by atoms with van der Waals surface area (Å²) >= 11 is 0. The molecular formula is C55H36BF24NO2. The quantitative estimate of drug-likeness (QED) is 0.0402. The molecule has 7 aromatic rings. The molecule has 0 saturated heterocycles. The predicted octanol–water partition coefficient (Wildman–Crippen LogP) is 16.0. The predicted molar refractivity (Wildman–Crippen MR) is 253 cm³/mol. The molecule has 0 bridgehead atoms. The summed E-state index contributed by atoms with van der Waals surface area (Å²) in [6, 6.07) is 12.1. The molecule has 6 aromatic carbocycles. The Bertz CT molecular complexity index is 3060. The fourth-order valence-electron chi connectivity index (χ4n) is 9.27. The standard InChI is InChI=1S/C32H12BF24.C23H24NO2/c34-25(35,36)13-1-14(26(37,38)39)6-21(5-13)33(22-7-15(27(40,41)42)2-16(8-22)28(43,44)45,23-9-17(29(46,47)48)3-18(10-23)30(49,50)51)24-11-19(31(52,53)54)4-20(12-24)32(55,56)57;1-2-3-5-14-22(25)21-16-15-18-10-8-9-13-20(18)24(21)17-23(26)19-11-6-4-7-12-19/h1-12H;4,6-13,15-16H,2-3,5,14,17H2,1H3/q-1;+1. The fourth-order valence-corrected chi connectivity index (χ4v) is 9.27. The van der Waals surface area contributed by atoms with Gasteiger partial charge in [-0.2, -0.15) is 132 Å². The van der Waals surface area contributed by atoms with Crippen molar-refractivity contribution in [2.24, 2.45) is 0 Å². The van der Waals surface area contributed by atoms with Crippen molar-refractivity contribution in [2.45, 2.75) is 88.6 Å². The first-order valence-electron chi connectivity index (χ1n) is 23.9. The lowest BCUT2D eigenvalue weighted by Gasteiger charge is -2.46. The number of carbonyl (C=O) groups excluding carboxylic acids is 2. The van der Waals surface area contributed by atoms with Crippen LogP contribution in [0.25, 0.3) is 10.9 Å². The lowest BCUT2D eigenvalue weighted by atomic mass is 9.12. The van der Waals surface area contributed by atoms with Gasteiger partial charge >= 0.3 is 49.4 Å². The van der Waals surface area contributed by atoms with E-state index in [0.717, 1.165) is 30.2 Å². The van der Waals surface area contributed by atoms with Crippen molar-refractivity contribution in [3.8, 4) is 0 Å². The third-order valence-corrected chi connectivity index (χ3v) is 13.1. The number of nitrogens with zero attached hydrogens (tertiary/aromatic N) is 1. The summed E-state index contributed by atoms with van der Waals surface area (Å²) in [6.07, 6.45) is -51.3. The Labute approximate surface area is 453 Å². The number of carbonyl (C=O) groups is 2. The van der Waals surface area contributed by atoms with Gasteiger partial charge in [0.15, 0.2) is 0 Å². The minimum Gasteiger partial charge on any atom is -0.287 e. The highest BCUT2D eigenvalue weighted by Crippen LogP contribution is 2.41. The number of pyridine rings is 1. The van der Waals surface area contributed by atoms with Crippen molar-refractivity contribution >= 4 is 50.5 Å². The van der Waals surface area contributed by atoms with Crippen LogP contribution in [0.1, 0.15) is 98.0 Å². The number of fused-ring (bicyclic) bond motifs is 1. The zero-order valence-corrected chi connectivity index (χ0v) is 41.7. The summed E-state index contributed by atoms with van der Waals surface area (Å²) in [5, 5.41) is 1.03. The van der Waals surface area contributed by atoms with Crippen LogP contribution in [-0.4, -0.2) is 17.7 Å². The van der Waals surface area contributed by atoms with Gasteiger partial charge in [-0.15, -0.1) is 0 Å². The molecule has 0 fully saturated rings. The van der Waals surface area contributed by atoms with Gasteiger partial charge in [-0.1, -0.05) is 111 Å². The van der Waals surface area contributed by atoms with Crippen LogP contribution in [0, 0.1) is 0 Å². The van der Waals surface area contributed by atoms with E-state index in [0.29, 0.717) is 17.7 Å². The van der Waals surface area contributed by atoms with Crippen molar-refractivity contribution in [1.29, 1.82) is 0 Å². The average molecular weight is 1210 g/mol. The maximum absolute atomic E-state index is 14.2. The van der Waals surface area contributed by atoms with Crippen molar-refractivity contribution in [3.63, 3.8) is 0 Å². The van der Waals surface area contributed by atoms with Crippen LogP contribution in [0.5, 0.6) is 0 Å². The highest BCUT2D eigenvalue weighted by Gasteiger charge is 2.47. The van der Waals surface area contributed by atoms with Gasteiger partial charge < -0.3 is 0 Å². The van der Waals surface area contributed by atoms with Gasteiger partial charge in [0.2, 0.25) is 29.3 Å². The van der Waals surface area contributed by atoms with Gasteiger partial charge in [-0.25, -0.2) is 0 Å². The Morgan fingerprint density at radius 1 is 0.361 bits per heavy atom. The second-order valence-electron chi connectivity index (χ2n) is 18.8. The van der Waals surface area contributed by atoms with Crippen molar-refractivity contribution in [3.05, 3.63) is 195 Å². The molecule has 1 heterocycles. The third-order valence-electron chi connectivity index (χ3n) is 13.1. The molecule has 0 aliphatic heterocycles. The Morgan fingerprint density at radius 3 is 0.964 bits per heavy atom. The number of unbranched alkanes of at least 4 members (excludes halogenated alkanes) is 2. The molecule has 0 unspecified atom stereocenters. The number of alkyl halides is 24. The van der Waals surface area contributed by atoms with Gasteiger partial charge in [-0.3, -0.25) is 9.59 Å². The largest absolute Gasteiger partial charge is 0.416 e. The van der Waals surface area contributed by atoms with E-state index in [1.165, 1.54) is 0 Å². The summed E-state index contributed by atoms with van der Waals surface area (Å²) in [5.41, 5.74) is -28.0. The second kappa shape index (κ2) is 23.2. The Kier molecular flexibility index (Phi) is 18.1. The first kappa shape index (κ1) is 64.6. The number of benzene rings is 6. The van der Waals surface area contributed by atoms with E-state index in [2.05, 4.69) is 6.92 Å². The number of ketones is 2. The molecule has 0 aliphatic rings. The van der Waals surface area contributed by atoms with E-state index in [9.17, 15) is 115 Å². The van der Waals surface area contributed by atoms with Crippen molar-refractivity contribution in [1.82, 2.24) is 0 Å². The van der Waals surface area contributed by atoms with Gasteiger partial charge in [0.05, 0.1) is 44.5 Å². The highest BCUT2D eigenvalue weighted by molar-refractivity contribution is 7.20. The summed E-state index contributed by atoms with van der Waals surface area (Å²) < 4.78 is 343. The van der Waals surface area contributed by atoms with Gasteiger partial charge in [0.25, 0.3) is 0 Å². The normalized spacial score (nSPS) is 13.2. The lowest BCUT2D eigenvalue weighted by molar-refractivity contribution is -0.659. The smallest absolute Gasteiger partial charge is 0.287 e. The van der Waals surface area contributed by atoms with Crippen LogP contribution in [0.3, 0.4) is 0 Å². The first-order chi connectivity index (χ1) is 38.0. The number of hydrogen-bond acceptors (Lipinski definition) is 2. The molecule has 444 valence electrons. The van der Waals surface area contributed by atoms with Crippen molar-refractivity contribution < 1.29 is 120 Å². The number of Topliss-reactive ketones (excluding diaryl/α,β-unsaturated/α-hetero) is 2. The maximum atomic E-state index is 14.2. The molecule has 1 aromatic heterocycles. The van der Waals surface area contributed by atoms with E-state index in [1.54, 1.807) is 0 Å². The summed E-state index contributed by atoms with van der Waals surface area (Å²) in [7, 11) is 0. The lowest BCUT2D eigenvalue weighted by Crippen LogP contribution is -2.75. The molecular weight excluding hydrogens is 1170 g/mol. The number of rotatable bonds is 12. The molecule has 0 amide bonds. The van der Waals surface area contributed by atoms with Crippen LogP contribution in [-0.2, 0) is 56.0 Å². The van der Waals surface area contributed by atoms with Gasteiger partial charge in [-0.05, 0) is 42.8 Å². The number of hydrogen-bond donors (Lipinski definition) is 0. The molecule has 0 aliphatic carbocycles. The number of halogens is 24. The maximum Gasteiger partial charge on any atom is 0.416 e. The molecule has 3 nitrogen and oxygen atoms in total.